The van der Waals surface area contributed by atoms with E-state index in [-0.39, 0.29) is 0 Å². The Bertz CT molecular complexity index is 327. The van der Waals surface area contributed by atoms with E-state index in [1.54, 1.807) is 7.11 Å². The molecule has 3 heteroatoms. The fourth-order valence-corrected chi connectivity index (χ4v) is 2.06. The second-order valence-electron chi connectivity index (χ2n) is 3.95. The molecule has 0 aliphatic carbocycles. The Morgan fingerprint density at radius 2 is 2.07 bits per heavy atom. The van der Waals surface area contributed by atoms with Crippen molar-refractivity contribution in [1.29, 1.82) is 0 Å². The van der Waals surface area contributed by atoms with Crippen LogP contribution in [0.5, 0.6) is 5.75 Å². The van der Waals surface area contributed by atoms with Gasteiger partial charge in [0.2, 0.25) is 0 Å². The molecule has 2 rings (SSSR count). The highest BCUT2D eigenvalue weighted by Gasteiger charge is 2.21. The first-order valence-electron chi connectivity index (χ1n) is 5.42. The molecule has 2 unspecified atom stereocenters. The van der Waals surface area contributed by atoms with Crippen LogP contribution < -0.4 is 15.4 Å². The summed E-state index contributed by atoms with van der Waals surface area (Å²) in [5.41, 5.74) is 1.29. The lowest BCUT2D eigenvalue weighted by Crippen LogP contribution is -2.48. The van der Waals surface area contributed by atoms with Crippen LogP contribution in [-0.2, 0) is 0 Å². The predicted octanol–water partition coefficient (Wildman–Crippen LogP) is 1.32. The van der Waals surface area contributed by atoms with E-state index >= 15 is 0 Å². The Kier molecular flexibility index (Phi) is 3.23. The SMILES string of the molecule is COc1cccc(C2NCCNC2C)c1. The van der Waals surface area contributed by atoms with Gasteiger partial charge in [0.05, 0.1) is 7.11 Å². The molecule has 0 radical (unpaired) electrons. The highest BCUT2D eigenvalue weighted by Crippen LogP contribution is 2.22. The number of nitrogens with one attached hydrogen (secondary N) is 2. The minimum absolute atomic E-state index is 0.383. The van der Waals surface area contributed by atoms with Gasteiger partial charge in [0.1, 0.15) is 5.75 Å². The van der Waals surface area contributed by atoms with E-state index in [2.05, 4.69) is 29.7 Å². The first-order valence-corrected chi connectivity index (χ1v) is 5.42. The van der Waals surface area contributed by atoms with E-state index in [9.17, 15) is 0 Å². The summed E-state index contributed by atoms with van der Waals surface area (Å²) in [6, 6.07) is 9.10. The van der Waals surface area contributed by atoms with Gasteiger partial charge in [-0.05, 0) is 24.6 Å². The maximum Gasteiger partial charge on any atom is 0.119 e. The smallest absolute Gasteiger partial charge is 0.119 e. The molecule has 0 saturated carbocycles. The van der Waals surface area contributed by atoms with Crippen molar-refractivity contribution in [3.63, 3.8) is 0 Å². The maximum absolute atomic E-state index is 5.23. The molecule has 1 saturated heterocycles. The van der Waals surface area contributed by atoms with Gasteiger partial charge in [0.15, 0.2) is 0 Å². The first kappa shape index (κ1) is 10.5. The zero-order chi connectivity index (χ0) is 10.7. The normalized spacial score (nSPS) is 26.3. The van der Waals surface area contributed by atoms with Gasteiger partial charge in [-0.3, -0.25) is 0 Å². The molecule has 1 aliphatic rings. The molecule has 0 aromatic heterocycles. The molecular formula is C12H18N2O. The molecule has 0 spiro atoms. The molecule has 3 nitrogen and oxygen atoms in total. The number of hydrogen-bond donors (Lipinski definition) is 2. The molecule has 1 aromatic rings. The summed E-state index contributed by atoms with van der Waals surface area (Å²) in [6.45, 7) is 4.27. The standard InChI is InChI=1S/C12H18N2O/c1-9-12(14-7-6-13-9)10-4-3-5-11(8-10)15-2/h3-5,8-9,12-14H,6-7H2,1-2H3. The third kappa shape index (κ3) is 2.30. The Hall–Kier alpha value is -1.06. The molecular weight excluding hydrogens is 188 g/mol. The Labute approximate surface area is 90.8 Å². The highest BCUT2D eigenvalue weighted by molar-refractivity contribution is 5.31. The minimum atomic E-state index is 0.383. The van der Waals surface area contributed by atoms with Crippen molar-refractivity contribution < 1.29 is 4.74 Å². The molecule has 82 valence electrons. The Morgan fingerprint density at radius 1 is 1.27 bits per heavy atom. The number of methoxy groups -OCH3 is 1. The largest absolute Gasteiger partial charge is 0.497 e. The summed E-state index contributed by atoms with van der Waals surface area (Å²) in [4.78, 5) is 0. The van der Waals surface area contributed by atoms with Crippen LogP contribution in [-0.4, -0.2) is 26.2 Å². The molecule has 0 amide bonds. The molecule has 1 aromatic carbocycles. The molecule has 2 N–H and O–H groups in total. The van der Waals surface area contributed by atoms with Crippen LogP contribution in [0.15, 0.2) is 24.3 Å². The van der Waals surface area contributed by atoms with Gasteiger partial charge in [0.25, 0.3) is 0 Å². The monoisotopic (exact) mass is 206 g/mol. The topological polar surface area (TPSA) is 33.3 Å². The zero-order valence-corrected chi connectivity index (χ0v) is 9.29. The molecule has 1 aliphatic heterocycles. The average Bonchev–Trinajstić information content (AvgIpc) is 2.30. The average molecular weight is 206 g/mol. The highest BCUT2D eigenvalue weighted by atomic mass is 16.5. The van der Waals surface area contributed by atoms with Crippen LogP contribution in [0.1, 0.15) is 18.5 Å². The van der Waals surface area contributed by atoms with E-state index in [1.165, 1.54) is 5.56 Å². The van der Waals surface area contributed by atoms with Crippen molar-refractivity contribution in [2.24, 2.45) is 0 Å². The van der Waals surface area contributed by atoms with Crippen molar-refractivity contribution >= 4 is 0 Å². The van der Waals surface area contributed by atoms with Crippen LogP contribution in [0.3, 0.4) is 0 Å². The van der Waals surface area contributed by atoms with Gasteiger partial charge < -0.3 is 15.4 Å². The first-order chi connectivity index (χ1) is 7.31. The lowest BCUT2D eigenvalue weighted by atomic mass is 9.98. The van der Waals surface area contributed by atoms with E-state index < -0.39 is 0 Å². The van der Waals surface area contributed by atoms with Gasteiger partial charge in [0, 0.05) is 25.2 Å². The fraction of sp³-hybridized carbons (Fsp3) is 0.500. The third-order valence-electron chi connectivity index (χ3n) is 2.91. The quantitative estimate of drug-likeness (QED) is 0.765. The molecule has 2 atom stereocenters. The van der Waals surface area contributed by atoms with Gasteiger partial charge in [-0.25, -0.2) is 0 Å². The Balaban J connectivity index is 2.19. The summed E-state index contributed by atoms with van der Waals surface area (Å²) < 4.78 is 5.23. The van der Waals surface area contributed by atoms with E-state index in [1.807, 2.05) is 12.1 Å². The van der Waals surface area contributed by atoms with E-state index in [0.29, 0.717) is 12.1 Å². The van der Waals surface area contributed by atoms with Crippen LogP contribution >= 0.6 is 0 Å². The number of benzene rings is 1. The van der Waals surface area contributed by atoms with Gasteiger partial charge in [-0.2, -0.15) is 0 Å². The molecule has 1 fully saturated rings. The van der Waals surface area contributed by atoms with E-state index in [4.69, 9.17) is 4.74 Å². The van der Waals surface area contributed by atoms with Crippen LogP contribution in [0.4, 0.5) is 0 Å². The summed E-state index contributed by atoms with van der Waals surface area (Å²) in [5, 5.41) is 6.98. The molecule has 0 bridgehead atoms. The van der Waals surface area contributed by atoms with Crippen LogP contribution in [0, 0.1) is 0 Å². The minimum Gasteiger partial charge on any atom is -0.497 e. The summed E-state index contributed by atoms with van der Waals surface area (Å²) in [5.74, 6) is 0.923. The second kappa shape index (κ2) is 4.64. The van der Waals surface area contributed by atoms with Crippen LogP contribution in [0.25, 0.3) is 0 Å². The lowest BCUT2D eigenvalue weighted by Gasteiger charge is -2.31. The summed E-state index contributed by atoms with van der Waals surface area (Å²) >= 11 is 0. The predicted molar refractivity (Wildman–Crippen MR) is 61.2 cm³/mol. The van der Waals surface area contributed by atoms with Crippen molar-refractivity contribution in [2.45, 2.75) is 19.0 Å². The molecule has 15 heavy (non-hydrogen) atoms. The van der Waals surface area contributed by atoms with E-state index in [0.717, 1.165) is 18.8 Å². The van der Waals surface area contributed by atoms with Crippen LogP contribution in [0.2, 0.25) is 0 Å². The lowest BCUT2D eigenvalue weighted by molar-refractivity contribution is 0.344. The fourth-order valence-electron chi connectivity index (χ4n) is 2.06. The maximum atomic E-state index is 5.23. The summed E-state index contributed by atoms with van der Waals surface area (Å²) in [7, 11) is 1.70. The van der Waals surface area contributed by atoms with Crippen molar-refractivity contribution in [3.05, 3.63) is 29.8 Å². The molecule has 1 heterocycles. The second-order valence-corrected chi connectivity index (χ2v) is 3.95. The third-order valence-corrected chi connectivity index (χ3v) is 2.91. The van der Waals surface area contributed by atoms with Gasteiger partial charge >= 0.3 is 0 Å². The number of hydrogen-bond acceptors (Lipinski definition) is 3. The number of piperazine rings is 1. The van der Waals surface area contributed by atoms with Crippen molar-refractivity contribution in [2.75, 3.05) is 20.2 Å². The number of rotatable bonds is 2. The van der Waals surface area contributed by atoms with Crippen molar-refractivity contribution in [1.82, 2.24) is 10.6 Å². The summed E-state index contributed by atoms with van der Waals surface area (Å²) in [6.07, 6.45) is 0. The van der Waals surface area contributed by atoms with Gasteiger partial charge in [-0.15, -0.1) is 0 Å². The Morgan fingerprint density at radius 3 is 2.80 bits per heavy atom. The zero-order valence-electron chi connectivity index (χ0n) is 9.29. The van der Waals surface area contributed by atoms with Crippen molar-refractivity contribution in [3.8, 4) is 5.75 Å². The number of ether oxygens (including phenoxy) is 1. The van der Waals surface area contributed by atoms with Gasteiger partial charge in [-0.1, -0.05) is 12.1 Å².